The van der Waals surface area contributed by atoms with Crippen molar-refractivity contribution in [3.63, 3.8) is 0 Å². The first-order chi connectivity index (χ1) is 14.7. The van der Waals surface area contributed by atoms with Crippen molar-refractivity contribution in [3.8, 4) is 11.1 Å². The van der Waals surface area contributed by atoms with Gasteiger partial charge >= 0.3 is 0 Å². The first kappa shape index (κ1) is 20.7. The standard InChI is InChI=1S/C23H32N6O/c1-3-6-21(30)29-10-5-8-19(17-29)22-20(18-7-4-9-24-15-18)16-25-23(26-22)28-13-11-27(2)12-14-28/h4,7,9,15-16,19H,3,5-6,8,10-14,17H2,1-2H3/t19-/m1/s1. The molecule has 2 aliphatic heterocycles. The Labute approximate surface area is 179 Å². The van der Waals surface area contributed by atoms with Crippen LogP contribution < -0.4 is 4.90 Å². The number of aromatic nitrogens is 3. The van der Waals surface area contributed by atoms with Crippen molar-refractivity contribution < 1.29 is 4.79 Å². The Morgan fingerprint density at radius 2 is 2.00 bits per heavy atom. The first-order valence-corrected chi connectivity index (χ1v) is 11.1. The largest absolute Gasteiger partial charge is 0.342 e. The minimum Gasteiger partial charge on any atom is -0.342 e. The molecule has 4 heterocycles. The summed E-state index contributed by atoms with van der Waals surface area (Å²) < 4.78 is 0. The van der Waals surface area contributed by atoms with Crippen LogP contribution in [0.5, 0.6) is 0 Å². The zero-order valence-electron chi connectivity index (χ0n) is 18.1. The second-order valence-electron chi connectivity index (χ2n) is 8.43. The summed E-state index contributed by atoms with van der Waals surface area (Å²) >= 11 is 0. The van der Waals surface area contributed by atoms with E-state index in [1.807, 2.05) is 23.4 Å². The Kier molecular flexibility index (Phi) is 6.57. The van der Waals surface area contributed by atoms with Gasteiger partial charge in [-0.05, 0) is 32.4 Å². The molecule has 0 radical (unpaired) electrons. The molecule has 2 saturated heterocycles. The van der Waals surface area contributed by atoms with Crippen LogP contribution in [-0.4, -0.2) is 77.0 Å². The minimum absolute atomic E-state index is 0.226. The minimum atomic E-state index is 0.226. The maximum atomic E-state index is 12.5. The molecule has 30 heavy (non-hydrogen) atoms. The number of rotatable bonds is 5. The smallest absolute Gasteiger partial charge is 0.225 e. The van der Waals surface area contributed by atoms with E-state index < -0.39 is 0 Å². The van der Waals surface area contributed by atoms with Gasteiger partial charge in [0.2, 0.25) is 11.9 Å². The Bertz CT molecular complexity index is 850. The van der Waals surface area contributed by atoms with Gasteiger partial charge in [0.05, 0.1) is 5.69 Å². The van der Waals surface area contributed by atoms with E-state index in [0.29, 0.717) is 6.42 Å². The van der Waals surface area contributed by atoms with E-state index in [2.05, 4.69) is 34.8 Å². The van der Waals surface area contributed by atoms with Crippen molar-refractivity contribution in [1.29, 1.82) is 0 Å². The molecule has 160 valence electrons. The number of hydrogen-bond donors (Lipinski definition) is 0. The lowest BCUT2D eigenvalue weighted by Gasteiger charge is -2.35. The fourth-order valence-electron chi connectivity index (χ4n) is 4.40. The Morgan fingerprint density at radius 3 is 2.73 bits per heavy atom. The van der Waals surface area contributed by atoms with Gasteiger partial charge < -0.3 is 14.7 Å². The lowest BCUT2D eigenvalue weighted by molar-refractivity contribution is -0.132. The number of nitrogens with zero attached hydrogens (tertiary/aromatic N) is 6. The molecule has 0 spiro atoms. The summed E-state index contributed by atoms with van der Waals surface area (Å²) in [4.78, 5) is 33.3. The van der Waals surface area contributed by atoms with E-state index in [1.165, 1.54) is 0 Å². The van der Waals surface area contributed by atoms with Crippen LogP contribution in [0.3, 0.4) is 0 Å². The van der Waals surface area contributed by atoms with Crippen LogP contribution >= 0.6 is 0 Å². The third kappa shape index (κ3) is 4.61. The van der Waals surface area contributed by atoms with Crippen LogP contribution in [0.15, 0.2) is 30.7 Å². The molecule has 2 aliphatic rings. The number of likely N-dealkylation sites (tertiary alicyclic amines) is 1. The van der Waals surface area contributed by atoms with E-state index in [0.717, 1.165) is 81.3 Å². The molecule has 2 aromatic rings. The molecule has 0 bridgehead atoms. The zero-order chi connectivity index (χ0) is 20.9. The Hall–Kier alpha value is -2.54. The van der Waals surface area contributed by atoms with Crippen molar-refractivity contribution >= 4 is 11.9 Å². The molecule has 0 aliphatic carbocycles. The van der Waals surface area contributed by atoms with Crippen LogP contribution in [0.1, 0.15) is 44.2 Å². The first-order valence-electron chi connectivity index (χ1n) is 11.1. The predicted molar refractivity (Wildman–Crippen MR) is 118 cm³/mol. The van der Waals surface area contributed by atoms with E-state index in [4.69, 9.17) is 9.97 Å². The van der Waals surface area contributed by atoms with Gasteiger partial charge in [-0.3, -0.25) is 9.78 Å². The highest BCUT2D eigenvalue weighted by molar-refractivity contribution is 5.76. The van der Waals surface area contributed by atoms with Crippen molar-refractivity contribution in [3.05, 3.63) is 36.4 Å². The number of anilines is 1. The summed E-state index contributed by atoms with van der Waals surface area (Å²) in [5, 5.41) is 0. The van der Waals surface area contributed by atoms with Gasteiger partial charge in [0, 0.05) is 81.3 Å². The second-order valence-corrected chi connectivity index (χ2v) is 8.43. The SMILES string of the molecule is CCCC(=O)N1CCC[C@@H](c2nc(N3CCN(C)CC3)ncc2-c2cccnc2)C1. The summed E-state index contributed by atoms with van der Waals surface area (Å²) in [6, 6.07) is 4.01. The average Bonchev–Trinajstić information content (AvgIpc) is 2.80. The highest BCUT2D eigenvalue weighted by atomic mass is 16.2. The van der Waals surface area contributed by atoms with Crippen molar-refractivity contribution in [2.45, 2.75) is 38.5 Å². The highest BCUT2D eigenvalue weighted by Gasteiger charge is 2.28. The van der Waals surface area contributed by atoms with Crippen molar-refractivity contribution in [2.75, 3.05) is 51.2 Å². The number of piperidine rings is 1. The van der Waals surface area contributed by atoms with Gasteiger partial charge in [0.25, 0.3) is 0 Å². The summed E-state index contributed by atoms with van der Waals surface area (Å²) in [6.45, 7) is 7.57. The predicted octanol–water partition coefficient (Wildman–Crippen LogP) is 2.80. The maximum Gasteiger partial charge on any atom is 0.225 e. The summed E-state index contributed by atoms with van der Waals surface area (Å²) in [6.07, 6.45) is 9.19. The quantitative estimate of drug-likeness (QED) is 0.758. The molecule has 0 aromatic carbocycles. The van der Waals surface area contributed by atoms with Crippen molar-refractivity contribution in [1.82, 2.24) is 24.8 Å². The van der Waals surface area contributed by atoms with Gasteiger partial charge in [0.15, 0.2) is 0 Å². The monoisotopic (exact) mass is 408 g/mol. The van der Waals surface area contributed by atoms with Gasteiger partial charge in [-0.2, -0.15) is 0 Å². The number of piperazine rings is 1. The summed E-state index contributed by atoms with van der Waals surface area (Å²) in [5.41, 5.74) is 3.13. The lowest BCUT2D eigenvalue weighted by atomic mass is 9.90. The molecular formula is C23H32N6O. The highest BCUT2D eigenvalue weighted by Crippen LogP contribution is 2.34. The van der Waals surface area contributed by atoms with Crippen LogP contribution in [0.2, 0.25) is 0 Å². The van der Waals surface area contributed by atoms with Gasteiger partial charge in [-0.25, -0.2) is 9.97 Å². The number of hydrogen-bond acceptors (Lipinski definition) is 6. The fraction of sp³-hybridized carbons (Fsp3) is 0.565. The van der Waals surface area contributed by atoms with Gasteiger partial charge in [0.1, 0.15) is 0 Å². The van der Waals surface area contributed by atoms with E-state index in [1.54, 1.807) is 6.20 Å². The fourth-order valence-corrected chi connectivity index (χ4v) is 4.40. The zero-order valence-corrected chi connectivity index (χ0v) is 18.1. The van der Waals surface area contributed by atoms with E-state index in [9.17, 15) is 4.79 Å². The van der Waals surface area contributed by atoms with E-state index >= 15 is 0 Å². The molecule has 2 fully saturated rings. The molecular weight excluding hydrogens is 376 g/mol. The average molecular weight is 409 g/mol. The Morgan fingerprint density at radius 1 is 1.17 bits per heavy atom. The van der Waals surface area contributed by atoms with Crippen molar-refractivity contribution in [2.24, 2.45) is 0 Å². The number of carbonyl (C=O) groups excluding carboxylic acids is 1. The molecule has 0 N–H and O–H groups in total. The molecule has 1 amide bonds. The van der Waals surface area contributed by atoms with Crippen LogP contribution in [-0.2, 0) is 4.79 Å². The summed E-state index contributed by atoms with van der Waals surface area (Å²) in [7, 11) is 2.15. The molecule has 0 unspecified atom stereocenters. The number of carbonyl (C=O) groups is 1. The number of likely N-dealkylation sites (N-methyl/N-ethyl adjacent to an activating group) is 1. The number of pyridine rings is 1. The molecule has 0 saturated carbocycles. The Balaban J connectivity index is 1.66. The molecule has 2 aromatic heterocycles. The van der Waals surface area contributed by atoms with Crippen LogP contribution in [0, 0.1) is 0 Å². The molecule has 4 rings (SSSR count). The van der Waals surface area contributed by atoms with Crippen LogP contribution in [0.25, 0.3) is 11.1 Å². The maximum absolute atomic E-state index is 12.5. The second kappa shape index (κ2) is 9.51. The molecule has 7 nitrogen and oxygen atoms in total. The lowest BCUT2D eigenvalue weighted by Crippen LogP contribution is -2.45. The molecule has 7 heteroatoms. The van der Waals surface area contributed by atoms with Gasteiger partial charge in [-0.15, -0.1) is 0 Å². The molecule has 1 atom stereocenters. The third-order valence-electron chi connectivity index (χ3n) is 6.19. The topological polar surface area (TPSA) is 65.5 Å². The van der Waals surface area contributed by atoms with E-state index in [-0.39, 0.29) is 11.8 Å². The van der Waals surface area contributed by atoms with Gasteiger partial charge in [-0.1, -0.05) is 13.0 Å². The van der Waals surface area contributed by atoms with Crippen LogP contribution in [0.4, 0.5) is 5.95 Å². The number of amides is 1. The normalized spacial score (nSPS) is 20.4. The third-order valence-corrected chi connectivity index (χ3v) is 6.19. The summed E-state index contributed by atoms with van der Waals surface area (Å²) in [5.74, 6) is 1.30.